The second-order valence-electron chi connectivity index (χ2n) is 5.46. The maximum Gasteiger partial charge on any atom is 0.165 e. The summed E-state index contributed by atoms with van der Waals surface area (Å²) in [4.78, 5) is 0. The Balaban J connectivity index is 0.000000217. The number of hydrogen-bond acceptors (Lipinski definition) is 3. The molecule has 3 nitrogen and oxygen atoms in total. The Hall–Kier alpha value is -0.900. The molecule has 1 aromatic carbocycles. The van der Waals surface area contributed by atoms with E-state index in [0.29, 0.717) is 12.8 Å². The van der Waals surface area contributed by atoms with Gasteiger partial charge in [0, 0.05) is 12.8 Å². The Labute approximate surface area is 122 Å². The molecule has 1 unspecified atom stereocenters. The molecule has 0 amide bonds. The fourth-order valence-electron chi connectivity index (χ4n) is 2.35. The van der Waals surface area contributed by atoms with Crippen molar-refractivity contribution in [2.24, 2.45) is 0 Å². The summed E-state index contributed by atoms with van der Waals surface area (Å²) in [5.41, 5.74) is 1.41. The fraction of sp³-hybridized carbons (Fsp3) is 0.647. The summed E-state index contributed by atoms with van der Waals surface area (Å²) in [6, 6.07) is 10.5. The number of ether oxygens (including phenoxy) is 1. The molecule has 2 rings (SSSR count). The van der Waals surface area contributed by atoms with Gasteiger partial charge in [-0.1, -0.05) is 43.7 Å². The van der Waals surface area contributed by atoms with Crippen molar-refractivity contribution in [3.05, 3.63) is 35.9 Å². The first-order chi connectivity index (χ1) is 9.59. The van der Waals surface area contributed by atoms with Crippen LogP contribution in [0.5, 0.6) is 0 Å². The van der Waals surface area contributed by atoms with E-state index in [9.17, 15) is 5.11 Å². The van der Waals surface area contributed by atoms with Crippen molar-refractivity contribution >= 4 is 0 Å². The predicted octanol–water partition coefficient (Wildman–Crippen LogP) is 3.29. The third-order valence-electron chi connectivity index (χ3n) is 3.56. The van der Waals surface area contributed by atoms with Crippen LogP contribution in [0.25, 0.3) is 0 Å². The SMILES string of the molecule is CC(CO)OC1(O)CCCCC1.CCc1ccccc1. The first-order valence-corrected chi connectivity index (χ1v) is 7.64. The highest BCUT2D eigenvalue weighted by Gasteiger charge is 2.31. The van der Waals surface area contributed by atoms with Crippen molar-refractivity contribution in [2.75, 3.05) is 6.61 Å². The van der Waals surface area contributed by atoms with Crippen LogP contribution in [0.3, 0.4) is 0 Å². The molecule has 0 radical (unpaired) electrons. The van der Waals surface area contributed by atoms with Gasteiger partial charge in [-0.15, -0.1) is 0 Å². The molecule has 1 aliphatic carbocycles. The number of benzene rings is 1. The number of aryl methyl sites for hydroxylation is 1. The Morgan fingerprint density at radius 3 is 2.20 bits per heavy atom. The van der Waals surface area contributed by atoms with Crippen molar-refractivity contribution in [1.82, 2.24) is 0 Å². The number of rotatable bonds is 4. The fourth-order valence-corrected chi connectivity index (χ4v) is 2.35. The molecule has 0 aromatic heterocycles. The van der Waals surface area contributed by atoms with Crippen LogP contribution in [0.15, 0.2) is 30.3 Å². The van der Waals surface area contributed by atoms with Gasteiger partial charge in [-0.3, -0.25) is 0 Å². The average Bonchev–Trinajstić information content (AvgIpc) is 2.49. The van der Waals surface area contributed by atoms with Gasteiger partial charge in [0.25, 0.3) is 0 Å². The number of aliphatic hydroxyl groups is 2. The summed E-state index contributed by atoms with van der Waals surface area (Å²) in [6.45, 7) is 3.91. The van der Waals surface area contributed by atoms with Gasteiger partial charge in [0.05, 0.1) is 12.7 Å². The van der Waals surface area contributed by atoms with Crippen LogP contribution in [0.2, 0.25) is 0 Å². The zero-order valence-corrected chi connectivity index (χ0v) is 12.7. The smallest absolute Gasteiger partial charge is 0.165 e. The molecule has 1 aliphatic rings. The second kappa shape index (κ2) is 9.11. The molecular formula is C17H28O3. The van der Waals surface area contributed by atoms with Gasteiger partial charge in [-0.05, 0) is 31.7 Å². The maximum atomic E-state index is 9.84. The van der Waals surface area contributed by atoms with Crippen molar-refractivity contribution in [3.63, 3.8) is 0 Å². The lowest BCUT2D eigenvalue weighted by Gasteiger charge is -2.33. The van der Waals surface area contributed by atoms with Crippen LogP contribution in [0.1, 0.15) is 51.5 Å². The Kier molecular flexibility index (Phi) is 7.82. The molecule has 1 atom stereocenters. The van der Waals surface area contributed by atoms with E-state index < -0.39 is 5.79 Å². The highest BCUT2D eigenvalue weighted by molar-refractivity contribution is 5.13. The van der Waals surface area contributed by atoms with E-state index in [4.69, 9.17) is 9.84 Å². The van der Waals surface area contributed by atoms with Gasteiger partial charge in [0.2, 0.25) is 0 Å². The number of hydrogen-bond donors (Lipinski definition) is 2. The lowest BCUT2D eigenvalue weighted by molar-refractivity contribution is -0.246. The van der Waals surface area contributed by atoms with Crippen LogP contribution in [-0.4, -0.2) is 28.7 Å². The summed E-state index contributed by atoms with van der Waals surface area (Å²) in [7, 11) is 0. The van der Waals surface area contributed by atoms with E-state index in [1.165, 1.54) is 12.0 Å². The van der Waals surface area contributed by atoms with Crippen molar-refractivity contribution in [3.8, 4) is 0 Å². The zero-order valence-electron chi connectivity index (χ0n) is 12.7. The molecule has 0 bridgehead atoms. The molecule has 0 saturated heterocycles. The standard InChI is InChI=1S/C9H18O3.C8H10/c1-8(7-10)12-9(11)5-3-2-4-6-9;1-2-8-6-4-3-5-7-8/h8,10-11H,2-7H2,1H3;3-7H,2H2,1H3. The van der Waals surface area contributed by atoms with Gasteiger partial charge in [0.15, 0.2) is 5.79 Å². The molecule has 20 heavy (non-hydrogen) atoms. The normalized spacial score (nSPS) is 18.8. The summed E-state index contributed by atoms with van der Waals surface area (Å²) >= 11 is 0. The molecule has 0 aliphatic heterocycles. The quantitative estimate of drug-likeness (QED) is 0.832. The molecule has 3 heteroatoms. The molecule has 0 spiro atoms. The van der Waals surface area contributed by atoms with E-state index >= 15 is 0 Å². The van der Waals surface area contributed by atoms with Crippen LogP contribution in [0, 0.1) is 0 Å². The molecule has 1 saturated carbocycles. The third kappa shape index (κ3) is 6.51. The van der Waals surface area contributed by atoms with E-state index in [1.54, 1.807) is 6.92 Å². The Bertz CT molecular complexity index is 345. The molecular weight excluding hydrogens is 252 g/mol. The molecule has 1 aromatic rings. The summed E-state index contributed by atoms with van der Waals surface area (Å²) in [6.07, 6.45) is 5.52. The van der Waals surface area contributed by atoms with Gasteiger partial charge in [-0.25, -0.2) is 0 Å². The van der Waals surface area contributed by atoms with Crippen LogP contribution >= 0.6 is 0 Å². The highest BCUT2D eigenvalue weighted by Crippen LogP contribution is 2.29. The average molecular weight is 280 g/mol. The summed E-state index contributed by atoms with van der Waals surface area (Å²) in [5, 5.41) is 18.6. The van der Waals surface area contributed by atoms with E-state index in [2.05, 4.69) is 31.2 Å². The van der Waals surface area contributed by atoms with E-state index in [0.717, 1.165) is 19.3 Å². The Morgan fingerprint density at radius 2 is 1.75 bits per heavy atom. The largest absolute Gasteiger partial charge is 0.394 e. The van der Waals surface area contributed by atoms with Crippen LogP contribution in [-0.2, 0) is 11.2 Å². The lowest BCUT2D eigenvalue weighted by Crippen LogP contribution is -2.38. The topological polar surface area (TPSA) is 49.7 Å². The minimum atomic E-state index is -0.958. The zero-order chi connectivity index (χ0) is 14.8. The maximum absolute atomic E-state index is 9.84. The van der Waals surface area contributed by atoms with Crippen molar-refractivity contribution in [2.45, 2.75) is 64.3 Å². The van der Waals surface area contributed by atoms with Gasteiger partial charge >= 0.3 is 0 Å². The first-order valence-electron chi connectivity index (χ1n) is 7.64. The highest BCUT2D eigenvalue weighted by atomic mass is 16.6. The number of aliphatic hydroxyl groups excluding tert-OH is 1. The van der Waals surface area contributed by atoms with Crippen LogP contribution < -0.4 is 0 Å². The molecule has 0 heterocycles. The molecule has 2 N–H and O–H groups in total. The van der Waals surface area contributed by atoms with Crippen molar-refractivity contribution in [1.29, 1.82) is 0 Å². The Morgan fingerprint density at radius 1 is 1.15 bits per heavy atom. The van der Waals surface area contributed by atoms with Crippen LogP contribution in [0.4, 0.5) is 0 Å². The summed E-state index contributed by atoms with van der Waals surface area (Å²) < 4.78 is 5.33. The van der Waals surface area contributed by atoms with Gasteiger partial charge < -0.3 is 14.9 Å². The van der Waals surface area contributed by atoms with E-state index in [-0.39, 0.29) is 12.7 Å². The van der Waals surface area contributed by atoms with Crippen molar-refractivity contribution < 1.29 is 14.9 Å². The minimum Gasteiger partial charge on any atom is -0.394 e. The monoisotopic (exact) mass is 280 g/mol. The first kappa shape index (κ1) is 17.2. The summed E-state index contributed by atoms with van der Waals surface area (Å²) in [5.74, 6) is -0.958. The molecule has 1 fully saturated rings. The lowest BCUT2D eigenvalue weighted by atomic mass is 9.94. The third-order valence-corrected chi connectivity index (χ3v) is 3.56. The minimum absolute atomic E-state index is 0.0255. The van der Waals surface area contributed by atoms with E-state index in [1.807, 2.05) is 6.07 Å². The second-order valence-corrected chi connectivity index (χ2v) is 5.46. The van der Waals surface area contributed by atoms with Gasteiger partial charge in [-0.2, -0.15) is 0 Å². The predicted molar refractivity (Wildman–Crippen MR) is 81.5 cm³/mol. The molecule has 114 valence electrons. The van der Waals surface area contributed by atoms with Gasteiger partial charge in [0.1, 0.15) is 0 Å².